The molecule has 0 spiro atoms. The van der Waals surface area contributed by atoms with Crippen LogP contribution in [0.1, 0.15) is 26.3 Å². The zero-order valence-corrected chi connectivity index (χ0v) is 17.2. The van der Waals surface area contributed by atoms with Gasteiger partial charge in [0.15, 0.2) is 5.13 Å². The molecule has 0 bridgehead atoms. The fourth-order valence-electron chi connectivity index (χ4n) is 2.05. The lowest BCUT2D eigenvalue weighted by Crippen LogP contribution is -2.35. The molecule has 9 heteroatoms. The number of rotatable bonds is 6. The van der Waals surface area contributed by atoms with Crippen LogP contribution >= 0.6 is 11.3 Å². The van der Waals surface area contributed by atoms with E-state index >= 15 is 0 Å². The number of nitrogens with one attached hydrogen (secondary N) is 2. The van der Waals surface area contributed by atoms with Crippen LogP contribution in [-0.2, 0) is 9.59 Å². The number of nitriles is 1. The van der Waals surface area contributed by atoms with Crippen molar-refractivity contribution in [1.82, 2.24) is 10.3 Å². The van der Waals surface area contributed by atoms with Crippen LogP contribution in [0.3, 0.4) is 0 Å². The summed E-state index contributed by atoms with van der Waals surface area (Å²) in [7, 11) is 0. The van der Waals surface area contributed by atoms with E-state index in [9.17, 15) is 9.59 Å². The minimum Gasteiger partial charge on any atom is -0.394 e. The number of thiazole rings is 1. The minimum atomic E-state index is -0.561. The Morgan fingerprint density at radius 1 is 1.38 bits per heavy atom. The van der Waals surface area contributed by atoms with Gasteiger partial charge in [0.2, 0.25) is 5.91 Å². The Kier molecular flexibility index (Phi) is 7.22. The lowest BCUT2D eigenvalue weighted by molar-refractivity contribution is -0.121. The Morgan fingerprint density at radius 2 is 2.14 bits per heavy atom. The van der Waals surface area contributed by atoms with Crippen molar-refractivity contribution in [1.29, 1.82) is 5.26 Å². The van der Waals surface area contributed by atoms with Gasteiger partial charge < -0.3 is 16.4 Å². The summed E-state index contributed by atoms with van der Waals surface area (Å²) in [6, 6.07) is 9.10. The first kappa shape index (κ1) is 21.8. The molecule has 2 amide bonds. The van der Waals surface area contributed by atoms with Gasteiger partial charge in [-0.25, -0.2) is 4.98 Å². The second kappa shape index (κ2) is 9.61. The number of amides is 2. The highest BCUT2D eigenvalue weighted by Crippen LogP contribution is 2.25. The largest absolute Gasteiger partial charge is 0.394 e. The van der Waals surface area contributed by atoms with E-state index in [2.05, 4.69) is 26.7 Å². The maximum absolute atomic E-state index is 12.0. The van der Waals surface area contributed by atoms with Crippen LogP contribution in [-0.4, -0.2) is 35.1 Å². The number of carbonyl (C=O) groups excluding carboxylic acids is 2. The van der Waals surface area contributed by atoms with E-state index in [1.807, 2.05) is 26.8 Å². The standard InChI is InChI=1S/C20H22N6O2S/c1-20(2,3)24-8-7-15(22)18(28)23-11-17(27)26-19-25-16(12-29-19)14-6-4-5-13(9-14)10-21/h4-9,12H,11,22H2,1-3H3,(H,23,28)(H,25,26,27). The molecule has 1 aromatic heterocycles. The molecule has 0 saturated carbocycles. The number of hydrogen-bond acceptors (Lipinski definition) is 7. The van der Waals surface area contributed by atoms with Crippen LogP contribution in [0.5, 0.6) is 0 Å². The van der Waals surface area contributed by atoms with Crippen molar-refractivity contribution in [3.8, 4) is 17.3 Å². The first-order valence-electron chi connectivity index (χ1n) is 8.73. The average Bonchev–Trinajstić information content (AvgIpc) is 3.13. The zero-order chi connectivity index (χ0) is 21.4. The molecule has 1 heterocycles. The van der Waals surface area contributed by atoms with Gasteiger partial charge in [-0.3, -0.25) is 14.6 Å². The predicted octanol–water partition coefficient (Wildman–Crippen LogP) is 2.45. The normalized spacial score (nSPS) is 11.9. The molecule has 0 saturated heterocycles. The van der Waals surface area contributed by atoms with Gasteiger partial charge >= 0.3 is 0 Å². The van der Waals surface area contributed by atoms with Crippen LogP contribution in [0.2, 0.25) is 0 Å². The molecule has 0 atom stereocenters. The lowest BCUT2D eigenvalue weighted by Gasteiger charge is -2.10. The Balaban J connectivity index is 1.89. The molecule has 8 nitrogen and oxygen atoms in total. The third kappa shape index (κ3) is 7.20. The SMILES string of the molecule is CC(C)(C)N=CC=C(N)C(=O)NCC(=O)Nc1nc(-c2cccc(C#N)c2)cs1. The van der Waals surface area contributed by atoms with Crippen molar-refractivity contribution >= 4 is 34.5 Å². The van der Waals surface area contributed by atoms with Crippen LogP contribution in [0.25, 0.3) is 11.3 Å². The van der Waals surface area contributed by atoms with Gasteiger partial charge in [-0.2, -0.15) is 5.26 Å². The van der Waals surface area contributed by atoms with Crippen LogP contribution in [0.4, 0.5) is 5.13 Å². The summed E-state index contributed by atoms with van der Waals surface area (Å²) in [5.74, 6) is -0.991. The van der Waals surface area contributed by atoms with E-state index in [1.54, 1.807) is 23.6 Å². The third-order valence-electron chi connectivity index (χ3n) is 3.43. The molecule has 0 radical (unpaired) electrons. The number of nitrogens with zero attached hydrogens (tertiary/aromatic N) is 3. The monoisotopic (exact) mass is 410 g/mol. The molecule has 0 aliphatic rings. The van der Waals surface area contributed by atoms with Crippen LogP contribution in [0.15, 0.2) is 46.4 Å². The smallest absolute Gasteiger partial charge is 0.267 e. The summed E-state index contributed by atoms with van der Waals surface area (Å²) in [6.07, 6.45) is 2.86. The Hall–Kier alpha value is -3.51. The first-order chi connectivity index (χ1) is 13.7. The Labute approximate surface area is 173 Å². The van der Waals surface area contributed by atoms with Crippen molar-refractivity contribution in [2.75, 3.05) is 11.9 Å². The third-order valence-corrected chi connectivity index (χ3v) is 4.18. The number of carbonyl (C=O) groups is 2. The quantitative estimate of drug-likeness (QED) is 0.497. The van der Waals surface area contributed by atoms with Crippen molar-refractivity contribution in [2.45, 2.75) is 26.3 Å². The van der Waals surface area contributed by atoms with Crippen LogP contribution in [0, 0.1) is 11.3 Å². The highest BCUT2D eigenvalue weighted by molar-refractivity contribution is 7.14. The number of allylic oxidation sites excluding steroid dienone is 1. The molecular weight excluding hydrogens is 388 g/mol. The maximum Gasteiger partial charge on any atom is 0.267 e. The Bertz CT molecular complexity index is 995. The van der Waals surface area contributed by atoms with E-state index in [4.69, 9.17) is 11.0 Å². The number of aliphatic imine (C=N–C) groups is 1. The topological polar surface area (TPSA) is 133 Å². The van der Waals surface area contributed by atoms with Gasteiger partial charge in [0.05, 0.1) is 35.1 Å². The number of hydrogen-bond donors (Lipinski definition) is 3. The maximum atomic E-state index is 12.0. The average molecular weight is 411 g/mol. The number of nitrogens with two attached hydrogens (primary N) is 1. The highest BCUT2D eigenvalue weighted by atomic mass is 32.1. The van der Waals surface area contributed by atoms with Crippen molar-refractivity contribution < 1.29 is 9.59 Å². The molecule has 0 aliphatic heterocycles. The molecule has 4 N–H and O–H groups in total. The molecule has 29 heavy (non-hydrogen) atoms. The number of aromatic nitrogens is 1. The summed E-state index contributed by atoms with van der Waals surface area (Å²) in [6.45, 7) is 5.51. The van der Waals surface area contributed by atoms with E-state index in [1.165, 1.54) is 23.6 Å². The molecular formula is C20H22N6O2S. The second-order valence-electron chi connectivity index (χ2n) is 7.03. The minimum absolute atomic E-state index is 0.0419. The molecule has 1 aromatic carbocycles. The van der Waals surface area contributed by atoms with Gasteiger partial charge in [0.25, 0.3) is 5.91 Å². The van der Waals surface area contributed by atoms with E-state index in [0.29, 0.717) is 16.4 Å². The summed E-state index contributed by atoms with van der Waals surface area (Å²) >= 11 is 1.25. The molecule has 0 unspecified atom stereocenters. The van der Waals surface area contributed by atoms with Gasteiger partial charge in [-0.15, -0.1) is 11.3 Å². The second-order valence-corrected chi connectivity index (χ2v) is 7.89. The van der Waals surface area contributed by atoms with E-state index in [0.717, 1.165) is 5.56 Å². The van der Waals surface area contributed by atoms with Gasteiger partial charge in [0, 0.05) is 17.2 Å². The number of anilines is 1. The van der Waals surface area contributed by atoms with E-state index < -0.39 is 11.8 Å². The van der Waals surface area contributed by atoms with Gasteiger partial charge in [-0.1, -0.05) is 12.1 Å². The van der Waals surface area contributed by atoms with Gasteiger partial charge in [-0.05, 0) is 39.0 Å². The summed E-state index contributed by atoms with van der Waals surface area (Å²) < 4.78 is 0. The molecule has 150 valence electrons. The highest BCUT2D eigenvalue weighted by Gasteiger charge is 2.11. The van der Waals surface area contributed by atoms with Crippen molar-refractivity contribution in [3.05, 3.63) is 47.0 Å². The summed E-state index contributed by atoms with van der Waals surface area (Å²) in [5, 5.41) is 16.2. The fourth-order valence-corrected chi connectivity index (χ4v) is 2.79. The molecule has 2 rings (SSSR count). The molecule has 2 aromatic rings. The molecule has 0 aliphatic carbocycles. The van der Waals surface area contributed by atoms with Crippen molar-refractivity contribution in [2.24, 2.45) is 10.7 Å². The Morgan fingerprint density at radius 3 is 2.83 bits per heavy atom. The predicted molar refractivity (Wildman–Crippen MR) is 114 cm³/mol. The summed E-state index contributed by atoms with van der Waals surface area (Å²) in [5.41, 5.74) is 7.32. The van der Waals surface area contributed by atoms with Gasteiger partial charge in [0.1, 0.15) is 0 Å². The lowest BCUT2D eigenvalue weighted by atomic mass is 10.1. The van der Waals surface area contributed by atoms with E-state index in [-0.39, 0.29) is 17.8 Å². The molecule has 0 fully saturated rings. The van der Waals surface area contributed by atoms with Crippen molar-refractivity contribution in [3.63, 3.8) is 0 Å². The zero-order valence-electron chi connectivity index (χ0n) is 16.4. The number of benzene rings is 1. The first-order valence-corrected chi connectivity index (χ1v) is 9.61. The fraction of sp³-hybridized carbons (Fsp3) is 0.250. The summed E-state index contributed by atoms with van der Waals surface area (Å²) in [4.78, 5) is 32.5. The van der Waals surface area contributed by atoms with Crippen LogP contribution < -0.4 is 16.4 Å².